The Morgan fingerprint density at radius 2 is 1.31 bits per heavy atom. The van der Waals surface area contributed by atoms with E-state index in [1.54, 1.807) is 0 Å². The van der Waals surface area contributed by atoms with E-state index in [1.165, 1.54) is 4.90 Å². The van der Waals surface area contributed by atoms with Gasteiger partial charge in [-0.3, -0.25) is 14.5 Å². The Kier molecular flexibility index (Phi) is 3.49. The summed E-state index contributed by atoms with van der Waals surface area (Å²) in [5.74, 6) is -0.996. The van der Waals surface area contributed by atoms with E-state index in [9.17, 15) is 9.59 Å². The van der Waals surface area contributed by atoms with E-state index in [2.05, 4.69) is 40.2 Å². The number of hydrogen-bond donors (Lipinski definition) is 0. The van der Waals surface area contributed by atoms with Crippen molar-refractivity contribution >= 4 is 27.7 Å². The first-order valence-corrected chi connectivity index (χ1v) is 10.7. The zero-order valence-corrected chi connectivity index (χ0v) is 17.2. The minimum atomic E-state index is -0.669. The number of nitrogens with zero attached hydrogens (tertiary/aromatic N) is 1. The highest BCUT2D eigenvalue weighted by Crippen LogP contribution is 2.66. The van der Waals surface area contributed by atoms with Crippen LogP contribution in [0.5, 0.6) is 0 Å². The number of alkyl halides is 1. The number of hydrogen-bond acceptors (Lipinski definition) is 2. The quantitative estimate of drug-likeness (QED) is 0.429. The third-order valence-corrected chi connectivity index (χ3v) is 8.14. The van der Waals surface area contributed by atoms with Crippen LogP contribution in [0.4, 0.5) is 0 Å². The number of amides is 2. The van der Waals surface area contributed by atoms with Crippen molar-refractivity contribution < 1.29 is 9.59 Å². The lowest BCUT2D eigenvalue weighted by Gasteiger charge is -2.51. The van der Waals surface area contributed by atoms with Crippen LogP contribution in [-0.4, -0.2) is 16.7 Å². The second-order valence-corrected chi connectivity index (χ2v) is 9.37. The number of carbonyl (C=O) groups is 2. The summed E-state index contributed by atoms with van der Waals surface area (Å²) in [7, 11) is 0. The zero-order valence-electron chi connectivity index (χ0n) is 15.6. The molecular weight excluding hydrogens is 426 g/mol. The van der Waals surface area contributed by atoms with Gasteiger partial charge in [-0.05, 0) is 27.8 Å². The first kappa shape index (κ1) is 17.2. The van der Waals surface area contributed by atoms with Gasteiger partial charge in [0.15, 0.2) is 0 Å². The predicted molar refractivity (Wildman–Crippen MR) is 113 cm³/mol. The molecule has 3 nitrogen and oxygen atoms in total. The fourth-order valence-corrected chi connectivity index (χ4v) is 6.86. The Morgan fingerprint density at radius 3 is 1.93 bits per heavy atom. The summed E-state index contributed by atoms with van der Waals surface area (Å²) < 4.78 is -0.669. The number of likely N-dealkylation sites (tertiary alicyclic amines) is 1. The largest absolute Gasteiger partial charge is 0.278 e. The number of halogens is 1. The molecular formula is C25H18BrNO2. The highest BCUT2D eigenvalue weighted by atomic mass is 79.9. The van der Waals surface area contributed by atoms with Gasteiger partial charge in [-0.15, -0.1) is 0 Å². The molecule has 0 N–H and O–H groups in total. The highest BCUT2D eigenvalue weighted by molar-refractivity contribution is 9.09. The zero-order chi connectivity index (χ0) is 19.8. The Labute approximate surface area is 177 Å². The van der Waals surface area contributed by atoms with Crippen LogP contribution in [0.3, 0.4) is 0 Å². The summed E-state index contributed by atoms with van der Waals surface area (Å²) in [6.07, 6.45) is 0. The Bertz CT molecular complexity index is 1120. The molecule has 1 fully saturated rings. The molecule has 0 unspecified atom stereocenters. The normalized spacial score (nSPS) is 28.9. The second kappa shape index (κ2) is 5.90. The fourth-order valence-electron chi connectivity index (χ4n) is 5.66. The summed E-state index contributed by atoms with van der Waals surface area (Å²) in [5, 5.41) is 0. The highest BCUT2D eigenvalue weighted by Gasteiger charge is 2.67. The number of benzene rings is 3. The second-order valence-electron chi connectivity index (χ2n) is 8.12. The van der Waals surface area contributed by atoms with Gasteiger partial charge in [-0.2, -0.15) is 0 Å². The molecule has 2 atom stereocenters. The van der Waals surface area contributed by atoms with E-state index < -0.39 is 10.2 Å². The van der Waals surface area contributed by atoms with E-state index in [-0.39, 0.29) is 23.7 Å². The Morgan fingerprint density at radius 1 is 0.759 bits per heavy atom. The molecule has 1 saturated heterocycles. The molecule has 3 aromatic rings. The van der Waals surface area contributed by atoms with Gasteiger partial charge in [0.05, 0.1) is 22.7 Å². The Hall–Kier alpha value is -2.72. The van der Waals surface area contributed by atoms with E-state index in [0.29, 0.717) is 6.54 Å². The van der Waals surface area contributed by atoms with Gasteiger partial charge in [0.25, 0.3) is 0 Å². The van der Waals surface area contributed by atoms with Crippen LogP contribution >= 0.6 is 15.9 Å². The average Bonchev–Trinajstić information content (AvgIpc) is 3.01. The van der Waals surface area contributed by atoms with Gasteiger partial charge < -0.3 is 0 Å². The standard InChI is InChI=1S/C25H18BrNO2/c26-25-18-12-6-4-10-16(18)20(17-11-5-7-13-19(17)25)21-22(25)24(29)27(23(21)28)14-15-8-2-1-3-9-15/h1-13,20-22H,14H2/t20?,21-,22-,25?/m1/s1. The summed E-state index contributed by atoms with van der Waals surface area (Å²) in [5.41, 5.74) is 5.53. The van der Waals surface area contributed by atoms with E-state index in [0.717, 1.165) is 27.8 Å². The van der Waals surface area contributed by atoms with Crippen LogP contribution in [0.2, 0.25) is 0 Å². The van der Waals surface area contributed by atoms with Gasteiger partial charge in [0, 0.05) is 5.92 Å². The van der Waals surface area contributed by atoms with E-state index in [1.807, 2.05) is 54.6 Å². The van der Waals surface area contributed by atoms with Crippen molar-refractivity contribution in [2.75, 3.05) is 0 Å². The topological polar surface area (TPSA) is 37.4 Å². The molecule has 142 valence electrons. The van der Waals surface area contributed by atoms with Crippen molar-refractivity contribution in [2.24, 2.45) is 11.8 Å². The summed E-state index contributed by atoms with van der Waals surface area (Å²) in [4.78, 5) is 28.7. The number of rotatable bonds is 2. The van der Waals surface area contributed by atoms with Crippen molar-refractivity contribution in [1.82, 2.24) is 4.90 Å². The molecule has 7 rings (SSSR count). The first-order chi connectivity index (χ1) is 14.1. The average molecular weight is 444 g/mol. The van der Waals surface area contributed by atoms with Crippen molar-refractivity contribution in [2.45, 2.75) is 16.8 Å². The van der Waals surface area contributed by atoms with Crippen molar-refractivity contribution in [3.05, 3.63) is 107 Å². The summed E-state index contributed by atoms with van der Waals surface area (Å²) in [6.45, 7) is 0.327. The number of carbonyl (C=O) groups excluding carboxylic acids is 2. The van der Waals surface area contributed by atoms with Crippen LogP contribution < -0.4 is 0 Å². The van der Waals surface area contributed by atoms with Crippen LogP contribution in [0, 0.1) is 11.8 Å². The monoisotopic (exact) mass is 443 g/mol. The maximum absolute atomic E-state index is 13.6. The molecule has 4 aliphatic rings. The van der Waals surface area contributed by atoms with Gasteiger partial charge in [0.1, 0.15) is 0 Å². The number of imide groups is 1. The van der Waals surface area contributed by atoms with Gasteiger partial charge in [0.2, 0.25) is 11.8 Å². The van der Waals surface area contributed by atoms with Crippen LogP contribution in [0.1, 0.15) is 33.7 Å². The molecule has 1 heterocycles. The minimum Gasteiger partial charge on any atom is -0.278 e. The van der Waals surface area contributed by atoms with Crippen LogP contribution in [0.25, 0.3) is 0 Å². The van der Waals surface area contributed by atoms with Crippen molar-refractivity contribution in [1.29, 1.82) is 0 Å². The molecule has 4 heteroatoms. The Balaban J connectivity index is 1.55. The molecule has 29 heavy (non-hydrogen) atoms. The molecule has 0 aromatic heterocycles. The van der Waals surface area contributed by atoms with Crippen molar-refractivity contribution in [3.63, 3.8) is 0 Å². The molecule has 3 aromatic carbocycles. The van der Waals surface area contributed by atoms with Crippen LogP contribution in [-0.2, 0) is 20.5 Å². The molecule has 3 aliphatic carbocycles. The molecule has 0 radical (unpaired) electrons. The van der Waals surface area contributed by atoms with Gasteiger partial charge in [-0.25, -0.2) is 0 Å². The third kappa shape index (κ3) is 2.07. The van der Waals surface area contributed by atoms with E-state index >= 15 is 0 Å². The maximum atomic E-state index is 13.6. The third-order valence-electron chi connectivity index (χ3n) is 6.79. The van der Waals surface area contributed by atoms with Crippen LogP contribution in [0.15, 0.2) is 78.9 Å². The lowest BCUT2D eigenvalue weighted by molar-refractivity contribution is -0.140. The lowest BCUT2D eigenvalue weighted by Crippen LogP contribution is -2.50. The molecule has 2 bridgehead atoms. The molecule has 2 amide bonds. The minimum absolute atomic E-state index is 0.0540. The summed E-state index contributed by atoms with van der Waals surface area (Å²) in [6, 6.07) is 26.2. The van der Waals surface area contributed by atoms with E-state index in [4.69, 9.17) is 0 Å². The lowest BCUT2D eigenvalue weighted by atomic mass is 9.55. The molecule has 0 saturated carbocycles. The van der Waals surface area contributed by atoms with Crippen molar-refractivity contribution in [3.8, 4) is 0 Å². The first-order valence-electron chi connectivity index (χ1n) is 9.89. The van der Waals surface area contributed by atoms with Gasteiger partial charge >= 0.3 is 0 Å². The molecule has 1 aliphatic heterocycles. The van der Waals surface area contributed by atoms with Gasteiger partial charge in [-0.1, -0.05) is 94.8 Å². The maximum Gasteiger partial charge on any atom is 0.235 e. The fraction of sp³-hybridized carbons (Fsp3) is 0.200. The SMILES string of the molecule is O=C1[C@@H]2C3c4ccccc4C(Br)(c4ccccc43)[C@H]2C(=O)N1Cc1ccccc1. The smallest absolute Gasteiger partial charge is 0.235 e. The predicted octanol–water partition coefficient (Wildman–Crippen LogP) is 4.59. The molecule has 0 spiro atoms. The summed E-state index contributed by atoms with van der Waals surface area (Å²) >= 11 is 4.02.